The second-order valence-corrected chi connectivity index (χ2v) is 6.42. The van der Waals surface area contributed by atoms with E-state index >= 15 is 0 Å². The smallest absolute Gasteiger partial charge is 0.0505 e. The normalized spacial score (nSPS) is 70.4. The van der Waals surface area contributed by atoms with Crippen LogP contribution in [0.15, 0.2) is 24.3 Å². The van der Waals surface area contributed by atoms with Crippen LogP contribution in [0.3, 0.4) is 0 Å². The van der Waals surface area contributed by atoms with Crippen molar-refractivity contribution >= 4 is 0 Å². The third-order valence-electron chi connectivity index (χ3n) is 6.92. The van der Waals surface area contributed by atoms with Gasteiger partial charge in [0, 0.05) is 10.8 Å². The molecule has 0 aromatic heterocycles. The zero-order chi connectivity index (χ0) is 10.7. The predicted octanol–water partition coefficient (Wildman–Crippen LogP) is 0.821. The summed E-state index contributed by atoms with van der Waals surface area (Å²) in [5.74, 6) is 3.64. The van der Waals surface area contributed by atoms with Crippen LogP contribution in [-0.4, -0.2) is 23.4 Å². The lowest BCUT2D eigenvalue weighted by Gasteiger charge is -2.51. The molecule has 6 aliphatic rings. The molecule has 0 heterocycles. The molecule has 6 aliphatic carbocycles. The van der Waals surface area contributed by atoms with E-state index in [-0.39, 0.29) is 24.0 Å². The third-order valence-corrected chi connectivity index (χ3v) is 6.92. The van der Waals surface area contributed by atoms with Gasteiger partial charge in [-0.25, -0.2) is 0 Å². The highest BCUT2D eigenvalue weighted by Crippen LogP contribution is 2.89. The molecule has 2 N–H and O–H groups in total. The second-order valence-electron chi connectivity index (χ2n) is 6.42. The van der Waals surface area contributed by atoms with Crippen LogP contribution in [0.5, 0.6) is 0 Å². The van der Waals surface area contributed by atoms with Crippen LogP contribution in [0.1, 0.15) is 0 Å². The molecule has 6 rings (SSSR count). The Morgan fingerprint density at radius 2 is 1.00 bits per heavy atom. The first kappa shape index (κ1) is 8.48. The van der Waals surface area contributed by atoms with Crippen molar-refractivity contribution in [3.63, 3.8) is 0 Å². The Hall–Kier alpha value is -0.600. The van der Waals surface area contributed by atoms with E-state index < -0.39 is 0 Å². The molecule has 84 valence electrons. The summed E-state index contributed by atoms with van der Waals surface area (Å²) in [6.07, 6.45) is 9.34. The Morgan fingerprint density at radius 1 is 0.688 bits per heavy atom. The summed E-state index contributed by atoms with van der Waals surface area (Å²) in [7, 11) is 0. The number of allylic oxidation sites excluding steroid dienone is 4. The summed E-state index contributed by atoms with van der Waals surface area (Å²) in [5, 5.41) is 20.0. The molecular formula is C14H16O2. The van der Waals surface area contributed by atoms with Gasteiger partial charge in [0.15, 0.2) is 0 Å². The van der Waals surface area contributed by atoms with Gasteiger partial charge in [-0.1, -0.05) is 24.3 Å². The van der Waals surface area contributed by atoms with Gasteiger partial charge in [-0.15, -0.1) is 0 Å². The van der Waals surface area contributed by atoms with Crippen molar-refractivity contribution in [3.8, 4) is 0 Å². The molecule has 0 aromatic carbocycles. The Bertz CT molecular complexity index is 380. The van der Waals surface area contributed by atoms with Crippen LogP contribution in [0.25, 0.3) is 0 Å². The van der Waals surface area contributed by atoms with Gasteiger partial charge in [-0.2, -0.15) is 0 Å². The predicted molar refractivity (Wildman–Crippen MR) is 58.3 cm³/mol. The molecule has 2 nitrogen and oxygen atoms in total. The van der Waals surface area contributed by atoms with Crippen LogP contribution in [0.4, 0.5) is 0 Å². The molecule has 0 aliphatic heterocycles. The lowest BCUT2D eigenvalue weighted by molar-refractivity contribution is -0.0739. The van der Waals surface area contributed by atoms with Crippen LogP contribution in [-0.2, 0) is 0 Å². The average molecular weight is 216 g/mol. The Labute approximate surface area is 94.7 Å². The standard InChI is InChI=1S/C14H16O2/c15-5-13-7-1-2-8-11(7)12-9(13)3-4-10(12)14(8,13)6-16/h1-4,7-12,15-16H,5-6H2/t7-,8-,9-,10-,11?,12?,13?,14?/m0/s1. The van der Waals surface area contributed by atoms with Gasteiger partial charge in [-0.3, -0.25) is 0 Å². The highest BCUT2D eigenvalue weighted by atomic mass is 16.3. The number of aliphatic hydroxyl groups is 2. The van der Waals surface area contributed by atoms with Crippen LogP contribution in [0, 0.1) is 46.3 Å². The SMILES string of the molecule is OCC12[C@H]3C=C[C@H]4C3C3[C@@H]1C=C[C@@H]3C42CO. The Balaban J connectivity index is 1.88. The number of rotatable bonds is 2. The second kappa shape index (κ2) is 2.06. The number of hydrogen-bond acceptors (Lipinski definition) is 2. The molecule has 0 spiro atoms. The molecule has 0 aromatic rings. The molecule has 8 bridgehead atoms. The molecule has 16 heavy (non-hydrogen) atoms. The first-order valence-electron chi connectivity index (χ1n) is 6.41. The van der Waals surface area contributed by atoms with Crippen molar-refractivity contribution in [2.45, 2.75) is 0 Å². The molecule has 4 saturated carbocycles. The fourth-order valence-corrected chi connectivity index (χ4v) is 6.86. The number of aliphatic hydroxyl groups excluding tert-OH is 2. The van der Waals surface area contributed by atoms with Crippen molar-refractivity contribution in [1.82, 2.24) is 0 Å². The minimum atomic E-state index is -0.00405. The van der Waals surface area contributed by atoms with E-state index in [1.54, 1.807) is 0 Å². The molecule has 2 heteroatoms. The summed E-state index contributed by atoms with van der Waals surface area (Å²) in [4.78, 5) is 0. The lowest BCUT2D eigenvalue weighted by atomic mass is 9.54. The van der Waals surface area contributed by atoms with Crippen molar-refractivity contribution < 1.29 is 10.2 Å². The van der Waals surface area contributed by atoms with Gasteiger partial charge >= 0.3 is 0 Å². The van der Waals surface area contributed by atoms with E-state index in [0.29, 0.717) is 23.7 Å². The van der Waals surface area contributed by atoms with Crippen LogP contribution >= 0.6 is 0 Å². The fraction of sp³-hybridized carbons (Fsp3) is 0.714. The van der Waals surface area contributed by atoms with Crippen molar-refractivity contribution in [1.29, 1.82) is 0 Å². The van der Waals surface area contributed by atoms with Crippen LogP contribution < -0.4 is 0 Å². The summed E-state index contributed by atoms with van der Waals surface area (Å²) in [5.41, 5.74) is -0.00810. The van der Waals surface area contributed by atoms with Crippen molar-refractivity contribution in [3.05, 3.63) is 24.3 Å². The maximum atomic E-state index is 10.0. The quantitative estimate of drug-likeness (QED) is 0.671. The summed E-state index contributed by atoms with van der Waals surface area (Å²) in [6.45, 7) is 0.523. The first-order chi connectivity index (χ1) is 7.83. The van der Waals surface area contributed by atoms with Crippen molar-refractivity contribution in [2.24, 2.45) is 46.3 Å². The van der Waals surface area contributed by atoms with Gasteiger partial charge in [0.25, 0.3) is 0 Å². The van der Waals surface area contributed by atoms with E-state index in [4.69, 9.17) is 0 Å². The van der Waals surface area contributed by atoms with E-state index in [0.717, 1.165) is 11.8 Å². The van der Waals surface area contributed by atoms with Gasteiger partial charge < -0.3 is 10.2 Å². The lowest BCUT2D eigenvalue weighted by Crippen LogP contribution is -2.52. The summed E-state index contributed by atoms with van der Waals surface area (Å²) in [6, 6.07) is 0. The van der Waals surface area contributed by atoms with E-state index in [1.807, 2.05) is 0 Å². The highest BCUT2D eigenvalue weighted by molar-refractivity contribution is 5.47. The Morgan fingerprint density at radius 3 is 1.25 bits per heavy atom. The maximum absolute atomic E-state index is 10.0. The molecular weight excluding hydrogens is 200 g/mol. The maximum Gasteiger partial charge on any atom is 0.0505 e. The molecule has 0 amide bonds. The third kappa shape index (κ3) is 0.440. The summed E-state index contributed by atoms with van der Waals surface area (Å²) < 4.78 is 0. The molecule has 0 unspecified atom stereocenters. The van der Waals surface area contributed by atoms with E-state index in [2.05, 4.69) is 24.3 Å². The molecule has 0 radical (unpaired) electrons. The van der Waals surface area contributed by atoms with Crippen LogP contribution in [0.2, 0.25) is 0 Å². The monoisotopic (exact) mass is 216 g/mol. The number of hydrogen-bond donors (Lipinski definition) is 2. The Kier molecular flexibility index (Phi) is 1.09. The topological polar surface area (TPSA) is 40.5 Å². The van der Waals surface area contributed by atoms with Crippen molar-refractivity contribution in [2.75, 3.05) is 13.2 Å². The minimum absolute atomic E-state index is 0.00405. The minimum Gasteiger partial charge on any atom is -0.396 e. The van der Waals surface area contributed by atoms with Gasteiger partial charge in [0.2, 0.25) is 0 Å². The largest absolute Gasteiger partial charge is 0.396 e. The average Bonchev–Trinajstić information content (AvgIpc) is 3.06. The zero-order valence-electron chi connectivity index (χ0n) is 9.08. The fourth-order valence-electron chi connectivity index (χ4n) is 6.86. The zero-order valence-corrected chi connectivity index (χ0v) is 9.08. The first-order valence-corrected chi connectivity index (χ1v) is 6.41. The van der Waals surface area contributed by atoms with E-state index in [1.165, 1.54) is 0 Å². The molecule has 4 fully saturated rings. The van der Waals surface area contributed by atoms with Gasteiger partial charge in [0.1, 0.15) is 0 Å². The molecule has 4 atom stereocenters. The van der Waals surface area contributed by atoms with Gasteiger partial charge in [-0.05, 0) is 35.5 Å². The van der Waals surface area contributed by atoms with E-state index in [9.17, 15) is 10.2 Å². The summed E-state index contributed by atoms with van der Waals surface area (Å²) >= 11 is 0. The highest BCUT2D eigenvalue weighted by Gasteiger charge is 2.88. The molecule has 0 saturated heterocycles. The van der Waals surface area contributed by atoms with Gasteiger partial charge in [0.05, 0.1) is 13.2 Å².